The van der Waals surface area contributed by atoms with Crippen molar-refractivity contribution in [3.05, 3.63) is 45.4 Å². The quantitative estimate of drug-likeness (QED) is 0.860. The molecule has 2 aromatic rings. The number of ether oxygens (including phenoxy) is 2. The maximum absolute atomic E-state index is 11.1. The van der Waals surface area contributed by atoms with Crippen molar-refractivity contribution in [1.29, 1.82) is 0 Å². The molecule has 110 valence electrons. The first-order valence-electron chi connectivity index (χ1n) is 5.92. The second-order valence-corrected chi connectivity index (χ2v) is 5.43. The van der Waals surface area contributed by atoms with Gasteiger partial charge in [0.2, 0.25) is 0 Å². The van der Waals surface area contributed by atoms with Crippen LogP contribution >= 0.6 is 27.5 Å². The Kier molecular flexibility index (Phi) is 4.75. The molecule has 4 nitrogen and oxygen atoms in total. The number of rotatable bonds is 4. The predicted octanol–water partition coefficient (Wildman–Crippen LogP) is 4.48. The molecule has 0 bridgehead atoms. The normalized spacial score (nSPS) is 10.3. The van der Waals surface area contributed by atoms with Crippen molar-refractivity contribution in [1.82, 2.24) is 0 Å². The van der Waals surface area contributed by atoms with Crippen LogP contribution < -0.4 is 9.47 Å². The second kappa shape index (κ2) is 6.37. The van der Waals surface area contributed by atoms with E-state index in [2.05, 4.69) is 15.9 Å². The molecule has 0 atom stereocenters. The van der Waals surface area contributed by atoms with Gasteiger partial charge >= 0.3 is 5.97 Å². The monoisotopic (exact) mass is 370 g/mol. The first-order chi connectivity index (χ1) is 9.97. The highest BCUT2D eigenvalue weighted by molar-refractivity contribution is 9.10. The van der Waals surface area contributed by atoms with Gasteiger partial charge in [-0.1, -0.05) is 11.6 Å². The Balaban J connectivity index is 2.67. The van der Waals surface area contributed by atoms with Crippen LogP contribution in [-0.4, -0.2) is 25.3 Å². The number of hydrogen-bond donors (Lipinski definition) is 1. The van der Waals surface area contributed by atoms with Crippen LogP contribution in [0, 0.1) is 0 Å². The van der Waals surface area contributed by atoms with E-state index >= 15 is 0 Å². The Labute approximate surface area is 135 Å². The lowest BCUT2D eigenvalue weighted by atomic mass is 10.0. The van der Waals surface area contributed by atoms with Gasteiger partial charge in [-0.05, 0) is 51.8 Å². The van der Waals surface area contributed by atoms with Crippen molar-refractivity contribution >= 4 is 33.5 Å². The number of carboxylic acid groups (broad SMARTS) is 1. The molecular formula is C15H12BrClO4. The summed E-state index contributed by atoms with van der Waals surface area (Å²) in [5.74, 6) is 0.134. The third-order valence-corrected chi connectivity index (χ3v) is 3.91. The van der Waals surface area contributed by atoms with E-state index in [1.807, 2.05) is 0 Å². The average Bonchev–Trinajstić information content (AvgIpc) is 2.46. The molecular weight excluding hydrogens is 360 g/mol. The lowest BCUT2D eigenvalue weighted by Gasteiger charge is -2.14. The smallest absolute Gasteiger partial charge is 0.335 e. The Bertz CT molecular complexity index is 700. The lowest BCUT2D eigenvalue weighted by Crippen LogP contribution is -1.98. The van der Waals surface area contributed by atoms with Crippen molar-refractivity contribution in [3.63, 3.8) is 0 Å². The molecule has 2 rings (SSSR count). The topological polar surface area (TPSA) is 55.8 Å². The van der Waals surface area contributed by atoms with E-state index < -0.39 is 5.97 Å². The van der Waals surface area contributed by atoms with Gasteiger partial charge < -0.3 is 14.6 Å². The first kappa shape index (κ1) is 15.7. The van der Waals surface area contributed by atoms with Crippen LogP contribution in [0.4, 0.5) is 0 Å². The molecule has 2 aromatic carbocycles. The van der Waals surface area contributed by atoms with Crippen molar-refractivity contribution in [2.75, 3.05) is 14.2 Å². The summed E-state index contributed by atoms with van der Waals surface area (Å²) in [6, 6.07) is 8.19. The van der Waals surface area contributed by atoms with E-state index in [0.29, 0.717) is 26.6 Å². The Hall–Kier alpha value is -1.72. The molecule has 0 saturated heterocycles. The van der Waals surface area contributed by atoms with Crippen molar-refractivity contribution < 1.29 is 19.4 Å². The van der Waals surface area contributed by atoms with Gasteiger partial charge in [-0.25, -0.2) is 4.79 Å². The number of hydrogen-bond acceptors (Lipinski definition) is 3. The minimum atomic E-state index is -1.04. The number of halogens is 2. The number of aromatic carboxylic acids is 1. The van der Waals surface area contributed by atoms with Crippen LogP contribution in [0.5, 0.6) is 11.5 Å². The molecule has 21 heavy (non-hydrogen) atoms. The standard InChI is InChI=1S/C15H12BrClO4/c1-20-12-4-3-11(14(21-2)13(12)16)8-5-9(15(18)19)7-10(17)6-8/h3-7H,1-2H3,(H,18,19). The zero-order chi connectivity index (χ0) is 15.6. The van der Waals surface area contributed by atoms with Crippen LogP contribution in [0.1, 0.15) is 10.4 Å². The van der Waals surface area contributed by atoms with Crippen LogP contribution in [0.15, 0.2) is 34.8 Å². The zero-order valence-electron chi connectivity index (χ0n) is 11.3. The highest BCUT2D eigenvalue weighted by atomic mass is 79.9. The molecule has 6 heteroatoms. The number of methoxy groups -OCH3 is 2. The fourth-order valence-corrected chi connectivity index (χ4v) is 2.90. The summed E-state index contributed by atoms with van der Waals surface area (Å²) in [6.07, 6.45) is 0. The van der Waals surface area contributed by atoms with Gasteiger partial charge in [0.15, 0.2) is 0 Å². The summed E-state index contributed by atoms with van der Waals surface area (Å²) in [4.78, 5) is 11.1. The van der Waals surface area contributed by atoms with E-state index in [1.165, 1.54) is 13.2 Å². The van der Waals surface area contributed by atoms with Gasteiger partial charge in [-0.15, -0.1) is 0 Å². The summed E-state index contributed by atoms with van der Waals surface area (Å²) in [6.45, 7) is 0. The average molecular weight is 372 g/mol. The Morgan fingerprint density at radius 2 is 1.90 bits per heavy atom. The van der Waals surface area contributed by atoms with E-state index in [0.717, 1.165) is 5.56 Å². The minimum absolute atomic E-state index is 0.117. The highest BCUT2D eigenvalue weighted by Crippen LogP contribution is 2.42. The molecule has 1 N–H and O–H groups in total. The SMILES string of the molecule is COc1ccc(-c2cc(Cl)cc(C(=O)O)c2)c(OC)c1Br. The number of benzene rings is 2. The molecule has 0 unspecified atom stereocenters. The molecule has 0 radical (unpaired) electrons. The van der Waals surface area contributed by atoms with Gasteiger partial charge in [0, 0.05) is 10.6 Å². The fourth-order valence-electron chi connectivity index (χ4n) is 1.99. The summed E-state index contributed by atoms with van der Waals surface area (Å²) in [5.41, 5.74) is 1.49. The van der Waals surface area contributed by atoms with Crippen molar-refractivity contribution in [2.24, 2.45) is 0 Å². The first-order valence-corrected chi connectivity index (χ1v) is 7.09. The Morgan fingerprint density at radius 1 is 1.19 bits per heavy atom. The van der Waals surface area contributed by atoms with E-state index in [-0.39, 0.29) is 5.56 Å². The number of carbonyl (C=O) groups is 1. The number of carboxylic acids is 1. The molecule has 0 spiro atoms. The lowest BCUT2D eigenvalue weighted by molar-refractivity contribution is 0.0697. The molecule has 0 aromatic heterocycles. The van der Waals surface area contributed by atoms with E-state index in [9.17, 15) is 4.79 Å². The van der Waals surface area contributed by atoms with Gasteiger partial charge in [0.05, 0.1) is 19.8 Å². The third kappa shape index (κ3) is 3.14. The molecule has 0 aliphatic rings. The van der Waals surface area contributed by atoms with Crippen molar-refractivity contribution in [3.8, 4) is 22.6 Å². The van der Waals surface area contributed by atoms with Gasteiger partial charge in [0.1, 0.15) is 16.0 Å². The van der Waals surface area contributed by atoms with Gasteiger partial charge in [-0.3, -0.25) is 0 Å². The van der Waals surface area contributed by atoms with Crippen LogP contribution in [0.25, 0.3) is 11.1 Å². The maximum Gasteiger partial charge on any atom is 0.335 e. The summed E-state index contributed by atoms with van der Waals surface area (Å²) in [5, 5.41) is 9.47. The van der Waals surface area contributed by atoms with Crippen LogP contribution in [0.2, 0.25) is 5.02 Å². The fraction of sp³-hybridized carbons (Fsp3) is 0.133. The maximum atomic E-state index is 11.1. The minimum Gasteiger partial charge on any atom is -0.495 e. The van der Waals surface area contributed by atoms with Crippen LogP contribution in [-0.2, 0) is 0 Å². The van der Waals surface area contributed by atoms with E-state index in [1.54, 1.807) is 31.4 Å². The second-order valence-electron chi connectivity index (χ2n) is 4.20. The summed E-state index contributed by atoms with van der Waals surface area (Å²) >= 11 is 9.41. The molecule has 0 fully saturated rings. The van der Waals surface area contributed by atoms with Gasteiger partial charge in [0.25, 0.3) is 0 Å². The highest BCUT2D eigenvalue weighted by Gasteiger charge is 2.16. The summed E-state index contributed by atoms with van der Waals surface area (Å²) in [7, 11) is 3.09. The zero-order valence-corrected chi connectivity index (χ0v) is 13.7. The van der Waals surface area contributed by atoms with Crippen molar-refractivity contribution in [2.45, 2.75) is 0 Å². The van der Waals surface area contributed by atoms with E-state index in [4.69, 9.17) is 26.2 Å². The molecule has 0 saturated carbocycles. The molecule has 0 amide bonds. The summed E-state index contributed by atoms with van der Waals surface area (Å²) < 4.78 is 11.3. The predicted molar refractivity (Wildman–Crippen MR) is 84.7 cm³/mol. The third-order valence-electron chi connectivity index (χ3n) is 2.94. The van der Waals surface area contributed by atoms with Gasteiger partial charge in [-0.2, -0.15) is 0 Å². The Morgan fingerprint density at radius 3 is 2.48 bits per heavy atom. The molecule has 0 aliphatic carbocycles. The van der Waals surface area contributed by atoms with Crippen LogP contribution in [0.3, 0.4) is 0 Å². The largest absolute Gasteiger partial charge is 0.495 e. The molecule has 0 aliphatic heterocycles. The molecule has 0 heterocycles.